The molecule has 0 saturated carbocycles. The Labute approximate surface area is 173 Å². The van der Waals surface area contributed by atoms with Crippen LogP contribution in [0, 0.1) is 5.82 Å². The molecule has 1 atom stereocenters. The zero-order valence-electron chi connectivity index (χ0n) is 15.7. The monoisotopic (exact) mass is 428 g/mol. The maximum absolute atomic E-state index is 13.5. The number of ether oxygens (including phenoxy) is 1. The van der Waals surface area contributed by atoms with Crippen LogP contribution < -0.4 is 14.9 Å². The molecule has 29 heavy (non-hydrogen) atoms. The number of aromatic nitrogens is 1. The summed E-state index contributed by atoms with van der Waals surface area (Å²) >= 11 is 2.81. The van der Waals surface area contributed by atoms with E-state index in [9.17, 15) is 14.0 Å². The Morgan fingerprint density at radius 3 is 2.72 bits per heavy atom. The average Bonchev–Trinajstić information content (AvgIpc) is 3.30. The second kappa shape index (κ2) is 7.88. The van der Waals surface area contributed by atoms with Crippen LogP contribution in [0.15, 0.2) is 62.1 Å². The molecular weight excluding hydrogens is 411 g/mol. The van der Waals surface area contributed by atoms with Crippen molar-refractivity contribution in [1.82, 2.24) is 4.57 Å². The molecule has 0 unspecified atom stereocenters. The maximum atomic E-state index is 13.5. The Morgan fingerprint density at radius 2 is 2.07 bits per heavy atom. The van der Waals surface area contributed by atoms with Crippen molar-refractivity contribution in [2.75, 3.05) is 6.61 Å². The minimum absolute atomic E-state index is 0.203. The van der Waals surface area contributed by atoms with Gasteiger partial charge in [-0.1, -0.05) is 23.5 Å². The molecule has 0 spiro atoms. The van der Waals surface area contributed by atoms with Gasteiger partial charge < -0.3 is 4.74 Å². The number of carbonyl (C=O) groups is 1. The van der Waals surface area contributed by atoms with E-state index in [4.69, 9.17) is 4.74 Å². The van der Waals surface area contributed by atoms with E-state index in [1.807, 2.05) is 22.9 Å². The van der Waals surface area contributed by atoms with Crippen molar-refractivity contribution in [3.05, 3.63) is 89.0 Å². The van der Waals surface area contributed by atoms with Crippen LogP contribution >= 0.6 is 22.7 Å². The van der Waals surface area contributed by atoms with E-state index in [1.165, 1.54) is 28.0 Å². The standard InChI is InChI=1S/C21H17FN2O3S2/c1-3-27-20(26)17-12(2)23-21-24(18(17)14-4-6-15(22)7-5-14)19(25)16(29-21)10-13-8-9-28-11-13/h4-11,18H,3H2,1-2H3/t18-/m0/s1. The van der Waals surface area contributed by atoms with Gasteiger partial charge in [0.2, 0.25) is 0 Å². The summed E-state index contributed by atoms with van der Waals surface area (Å²) in [6.45, 7) is 3.64. The van der Waals surface area contributed by atoms with Crippen molar-refractivity contribution in [2.45, 2.75) is 19.9 Å². The SMILES string of the molecule is CCOC(=O)C1=C(C)N=c2sc(=Cc3ccsc3)c(=O)n2[C@H]1c1ccc(F)cc1. The van der Waals surface area contributed by atoms with E-state index in [-0.39, 0.29) is 17.7 Å². The zero-order valence-corrected chi connectivity index (χ0v) is 17.3. The van der Waals surface area contributed by atoms with Crippen molar-refractivity contribution in [2.24, 2.45) is 4.99 Å². The highest BCUT2D eigenvalue weighted by molar-refractivity contribution is 7.08. The number of esters is 1. The van der Waals surface area contributed by atoms with E-state index in [0.29, 0.717) is 20.6 Å². The van der Waals surface area contributed by atoms with Crippen molar-refractivity contribution in [3.63, 3.8) is 0 Å². The minimum Gasteiger partial charge on any atom is -0.463 e. The van der Waals surface area contributed by atoms with Crippen LogP contribution in [-0.2, 0) is 9.53 Å². The number of benzene rings is 1. The third kappa shape index (κ3) is 3.61. The fourth-order valence-electron chi connectivity index (χ4n) is 3.26. The highest BCUT2D eigenvalue weighted by Crippen LogP contribution is 2.30. The minimum atomic E-state index is -0.726. The fourth-order valence-corrected chi connectivity index (χ4v) is 4.93. The van der Waals surface area contributed by atoms with Crippen molar-refractivity contribution < 1.29 is 13.9 Å². The topological polar surface area (TPSA) is 60.7 Å². The molecule has 1 aromatic carbocycles. The van der Waals surface area contributed by atoms with Gasteiger partial charge in [0.1, 0.15) is 5.82 Å². The van der Waals surface area contributed by atoms with Crippen LogP contribution in [-0.4, -0.2) is 17.1 Å². The highest BCUT2D eigenvalue weighted by atomic mass is 32.1. The van der Waals surface area contributed by atoms with E-state index >= 15 is 0 Å². The van der Waals surface area contributed by atoms with Gasteiger partial charge in [-0.05, 0) is 60.0 Å². The number of thiophene rings is 1. The van der Waals surface area contributed by atoms with Gasteiger partial charge in [-0.25, -0.2) is 14.2 Å². The lowest BCUT2D eigenvalue weighted by Crippen LogP contribution is -2.39. The number of thiazole rings is 1. The summed E-state index contributed by atoms with van der Waals surface area (Å²) in [5.41, 5.74) is 2.07. The lowest BCUT2D eigenvalue weighted by Gasteiger charge is -2.24. The molecule has 0 radical (unpaired) electrons. The first-order chi connectivity index (χ1) is 14.0. The Bertz CT molecular complexity index is 1270. The molecule has 0 N–H and O–H groups in total. The molecule has 2 aromatic heterocycles. The smallest absolute Gasteiger partial charge is 0.338 e. The Balaban J connectivity index is 1.97. The third-order valence-electron chi connectivity index (χ3n) is 4.54. The molecule has 1 aliphatic rings. The van der Waals surface area contributed by atoms with E-state index in [0.717, 1.165) is 5.56 Å². The molecule has 4 rings (SSSR count). The molecule has 0 aliphatic carbocycles. The van der Waals surface area contributed by atoms with E-state index in [2.05, 4.69) is 4.99 Å². The second-order valence-corrected chi connectivity index (χ2v) is 8.20. The summed E-state index contributed by atoms with van der Waals surface area (Å²) in [6, 6.07) is 6.98. The van der Waals surface area contributed by atoms with E-state index in [1.54, 1.807) is 37.3 Å². The van der Waals surface area contributed by atoms with Gasteiger partial charge in [0.15, 0.2) is 4.80 Å². The van der Waals surface area contributed by atoms with Gasteiger partial charge in [-0.15, -0.1) is 0 Å². The largest absolute Gasteiger partial charge is 0.463 e. The van der Waals surface area contributed by atoms with Crippen LogP contribution in [0.2, 0.25) is 0 Å². The third-order valence-corrected chi connectivity index (χ3v) is 6.23. The van der Waals surface area contributed by atoms with Crippen LogP contribution in [0.5, 0.6) is 0 Å². The summed E-state index contributed by atoms with van der Waals surface area (Å²) in [7, 11) is 0. The van der Waals surface area contributed by atoms with E-state index < -0.39 is 17.8 Å². The average molecular weight is 429 g/mol. The number of allylic oxidation sites excluding steroid dienone is 1. The van der Waals surface area contributed by atoms with Crippen LogP contribution in [0.3, 0.4) is 0 Å². The number of hydrogen-bond donors (Lipinski definition) is 0. The highest BCUT2D eigenvalue weighted by Gasteiger charge is 2.33. The molecule has 1 aliphatic heterocycles. The summed E-state index contributed by atoms with van der Waals surface area (Å²) in [4.78, 5) is 31.0. The Hall–Kier alpha value is -2.84. The lowest BCUT2D eigenvalue weighted by atomic mass is 9.96. The van der Waals surface area contributed by atoms with Crippen LogP contribution in [0.25, 0.3) is 6.08 Å². The number of carbonyl (C=O) groups excluding carboxylic acids is 1. The molecule has 5 nitrogen and oxygen atoms in total. The van der Waals surface area contributed by atoms with Gasteiger partial charge in [0.25, 0.3) is 5.56 Å². The molecule has 0 amide bonds. The number of rotatable bonds is 4. The predicted molar refractivity (Wildman–Crippen MR) is 111 cm³/mol. The molecule has 3 heterocycles. The number of halogens is 1. The van der Waals surface area contributed by atoms with Crippen LogP contribution in [0.4, 0.5) is 4.39 Å². The van der Waals surface area contributed by atoms with Crippen molar-refractivity contribution in [1.29, 1.82) is 0 Å². The van der Waals surface area contributed by atoms with Gasteiger partial charge in [0, 0.05) is 0 Å². The Kier molecular flexibility index (Phi) is 5.29. The molecule has 0 saturated heterocycles. The fraction of sp³-hybridized carbons (Fsp3) is 0.190. The van der Waals surface area contributed by atoms with Gasteiger partial charge in [-0.2, -0.15) is 11.3 Å². The summed E-state index contributed by atoms with van der Waals surface area (Å²) in [6.07, 6.45) is 1.81. The first kappa shape index (κ1) is 19.5. The van der Waals surface area contributed by atoms with Gasteiger partial charge in [0.05, 0.1) is 28.5 Å². The number of nitrogens with zero attached hydrogens (tertiary/aromatic N) is 2. The molecule has 0 fully saturated rings. The number of fused-ring (bicyclic) bond motifs is 1. The van der Waals surface area contributed by atoms with Gasteiger partial charge in [-0.3, -0.25) is 9.36 Å². The molecular formula is C21H17FN2O3S2. The quantitative estimate of drug-likeness (QED) is 0.601. The molecule has 8 heteroatoms. The molecule has 148 valence electrons. The van der Waals surface area contributed by atoms with Crippen LogP contribution in [0.1, 0.15) is 31.0 Å². The molecule has 0 bridgehead atoms. The maximum Gasteiger partial charge on any atom is 0.338 e. The lowest BCUT2D eigenvalue weighted by molar-refractivity contribution is -0.139. The summed E-state index contributed by atoms with van der Waals surface area (Å²) < 4.78 is 20.7. The van der Waals surface area contributed by atoms with Crippen molar-refractivity contribution >= 4 is 34.7 Å². The Morgan fingerprint density at radius 1 is 1.31 bits per heavy atom. The first-order valence-electron chi connectivity index (χ1n) is 8.97. The summed E-state index contributed by atoms with van der Waals surface area (Å²) in [5, 5.41) is 3.89. The summed E-state index contributed by atoms with van der Waals surface area (Å²) in [5.74, 6) is -0.924. The second-order valence-electron chi connectivity index (χ2n) is 6.41. The van der Waals surface area contributed by atoms with Gasteiger partial charge >= 0.3 is 5.97 Å². The number of hydrogen-bond acceptors (Lipinski definition) is 6. The zero-order chi connectivity index (χ0) is 20.5. The predicted octanol–water partition coefficient (Wildman–Crippen LogP) is 3.00. The first-order valence-corrected chi connectivity index (χ1v) is 10.7. The molecule has 3 aromatic rings. The normalized spacial score (nSPS) is 16.5. The van der Waals surface area contributed by atoms with Crippen molar-refractivity contribution in [3.8, 4) is 0 Å².